The van der Waals surface area contributed by atoms with Crippen molar-refractivity contribution in [3.05, 3.63) is 60.6 Å². The van der Waals surface area contributed by atoms with Gasteiger partial charge in [-0.1, -0.05) is 12.1 Å². The van der Waals surface area contributed by atoms with Crippen LogP contribution in [-0.4, -0.2) is 35.1 Å². The summed E-state index contributed by atoms with van der Waals surface area (Å²) in [5.74, 6) is 1.25. The third kappa shape index (κ3) is 4.06. The highest BCUT2D eigenvalue weighted by molar-refractivity contribution is 5.94. The van der Waals surface area contributed by atoms with E-state index in [1.807, 2.05) is 30.5 Å². The van der Waals surface area contributed by atoms with E-state index in [-0.39, 0.29) is 18.1 Å². The van der Waals surface area contributed by atoms with Gasteiger partial charge in [-0.15, -0.1) is 0 Å². The largest absolute Gasteiger partial charge is 0.490 e. The fourth-order valence-corrected chi connectivity index (χ4v) is 3.63. The number of nitrogens with zero attached hydrogens (tertiary/aromatic N) is 2. The maximum Gasteiger partial charge on any atom is 0.251 e. The van der Waals surface area contributed by atoms with Gasteiger partial charge in [0.1, 0.15) is 5.75 Å². The number of pyridine rings is 2. The number of benzene rings is 1. The Morgan fingerprint density at radius 1 is 1.11 bits per heavy atom. The third-order valence-corrected chi connectivity index (χ3v) is 5.15. The minimum Gasteiger partial charge on any atom is -0.490 e. The number of amides is 1. The normalized spacial score (nSPS) is 19.2. The first-order valence-corrected chi connectivity index (χ1v) is 9.53. The maximum absolute atomic E-state index is 12.5. The van der Waals surface area contributed by atoms with Gasteiger partial charge < -0.3 is 14.8 Å². The molecule has 0 atom stereocenters. The molecular weight excluding hydrogens is 354 g/mol. The van der Waals surface area contributed by atoms with Crippen LogP contribution in [0.2, 0.25) is 0 Å². The summed E-state index contributed by atoms with van der Waals surface area (Å²) in [6.07, 6.45) is 8.98. The van der Waals surface area contributed by atoms with Crippen molar-refractivity contribution in [1.29, 1.82) is 0 Å². The van der Waals surface area contributed by atoms with Gasteiger partial charge in [-0.3, -0.25) is 9.78 Å². The molecule has 144 valence electrons. The highest BCUT2D eigenvalue weighted by atomic mass is 16.5. The fraction of sp³-hybridized carbons (Fsp3) is 0.318. The van der Waals surface area contributed by atoms with Crippen molar-refractivity contribution in [3.8, 4) is 11.6 Å². The van der Waals surface area contributed by atoms with Crippen LogP contribution in [0.1, 0.15) is 36.0 Å². The standard InChI is InChI=1S/C22H23N3O3/c1-27-21-13-15(9-12-24-21)22(26)25-17-5-7-18(8-6-17)28-20-4-2-3-16-14-23-11-10-19(16)20/h2-4,9-14,17-18H,5-8H2,1H3,(H,25,26). The number of hydrogen-bond acceptors (Lipinski definition) is 5. The van der Waals surface area contributed by atoms with Gasteiger partial charge >= 0.3 is 0 Å². The Labute approximate surface area is 163 Å². The van der Waals surface area contributed by atoms with Crippen LogP contribution in [0.5, 0.6) is 11.6 Å². The molecule has 1 fully saturated rings. The number of carbonyl (C=O) groups is 1. The molecule has 4 rings (SSSR count). The van der Waals surface area contributed by atoms with Crippen LogP contribution in [0.4, 0.5) is 0 Å². The summed E-state index contributed by atoms with van der Waals surface area (Å²) in [7, 11) is 1.54. The molecule has 1 aromatic carbocycles. The van der Waals surface area contributed by atoms with Gasteiger partial charge in [0, 0.05) is 47.0 Å². The Bertz CT molecular complexity index is 963. The van der Waals surface area contributed by atoms with Crippen LogP contribution in [0, 0.1) is 0 Å². The van der Waals surface area contributed by atoms with Crippen molar-refractivity contribution in [2.75, 3.05) is 7.11 Å². The minimum atomic E-state index is -0.0911. The van der Waals surface area contributed by atoms with E-state index in [2.05, 4.69) is 15.3 Å². The van der Waals surface area contributed by atoms with E-state index in [0.29, 0.717) is 11.4 Å². The summed E-state index contributed by atoms with van der Waals surface area (Å²) in [6.45, 7) is 0. The molecule has 1 saturated carbocycles. The first-order chi connectivity index (χ1) is 13.7. The Hall–Kier alpha value is -3.15. The number of methoxy groups -OCH3 is 1. The molecule has 0 saturated heterocycles. The zero-order chi connectivity index (χ0) is 19.3. The Morgan fingerprint density at radius 3 is 2.79 bits per heavy atom. The monoisotopic (exact) mass is 377 g/mol. The summed E-state index contributed by atoms with van der Waals surface area (Å²) < 4.78 is 11.4. The number of fused-ring (bicyclic) bond motifs is 1. The van der Waals surface area contributed by atoms with Crippen molar-refractivity contribution >= 4 is 16.7 Å². The van der Waals surface area contributed by atoms with Crippen LogP contribution in [0.25, 0.3) is 10.8 Å². The van der Waals surface area contributed by atoms with Gasteiger partial charge in [0.05, 0.1) is 13.2 Å². The molecule has 2 heterocycles. The van der Waals surface area contributed by atoms with Crippen LogP contribution in [0.15, 0.2) is 55.0 Å². The number of ether oxygens (including phenoxy) is 2. The van der Waals surface area contributed by atoms with Crippen LogP contribution in [-0.2, 0) is 0 Å². The molecule has 0 aliphatic heterocycles. The van der Waals surface area contributed by atoms with Crippen LogP contribution in [0.3, 0.4) is 0 Å². The molecule has 1 aliphatic rings. The third-order valence-electron chi connectivity index (χ3n) is 5.15. The summed E-state index contributed by atoms with van der Waals surface area (Å²) >= 11 is 0. The number of hydrogen-bond donors (Lipinski definition) is 1. The summed E-state index contributed by atoms with van der Waals surface area (Å²) in [5, 5.41) is 5.27. The van der Waals surface area contributed by atoms with E-state index in [9.17, 15) is 4.79 Å². The van der Waals surface area contributed by atoms with E-state index < -0.39 is 0 Å². The zero-order valence-corrected chi connectivity index (χ0v) is 15.8. The van der Waals surface area contributed by atoms with Crippen molar-refractivity contribution in [2.45, 2.75) is 37.8 Å². The number of aromatic nitrogens is 2. The molecule has 6 nitrogen and oxygen atoms in total. The van der Waals surface area contributed by atoms with E-state index in [1.165, 1.54) is 7.11 Å². The molecule has 0 unspecified atom stereocenters. The average Bonchev–Trinajstić information content (AvgIpc) is 2.75. The summed E-state index contributed by atoms with van der Waals surface area (Å²) in [6, 6.07) is 11.5. The number of nitrogens with one attached hydrogen (secondary N) is 1. The summed E-state index contributed by atoms with van der Waals surface area (Å²) in [5.41, 5.74) is 0.564. The number of carbonyl (C=O) groups excluding carboxylic acids is 1. The molecule has 3 aromatic rings. The second kappa shape index (κ2) is 8.25. The van der Waals surface area contributed by atoms with Gasteiger partial charge in [-0.05, 0) is 43.9 Å². The highest BCUT2D eigenvalue weighted by Gasteiger charge is 2.24. The molecule has 6 heteroatoms. The average molecular weight is 377 g/mol. The predicted molar refractivity (Wildman–Crippen MR) is 107 cm³/mol. The lowest BCUT2D eigenvalue weighted by Gasteiger charge is -2.30. The second-order valence-corrected chi connectivity index (χ2v) is 7.00. The first-order valence-electron chi connectivity index (χ1n) is 9.53. The van der Waals surface area contributed by atoms with Crippen molar-refractivity contribution < 1.29 is 14.3 Å². The molecular formula is C22H23N3O3. The lowest BCUT2D eigenvalue weighted by molar-refractivity contribution is 0.0894. The van der Waals surface area contributed by atoms with Crippen LogP contribution >= 0.6 is 0 Å². The van der Waals surface area contributed by atoms with Crippen molar-refractivity contribution in [3.63, 3.8) is 0 Å². The zero-order valence-electron chi connectivity index (χ0n) is 15.8. The van der Waals surface area contributed by atoms with Gasteiger partial charge in [0.15, 0.2) is 0 Å². The van der Waals surface area contributed by atoms with Gasteiger partial charge in [-0.2, -0.15) is 0 Å². The molecule has 1 aliphatic carbocycles. The van der Waals surface area contributed by atoms with Crippen molar-refractivity contribution in [1.82, 2.24) is 15.3 Å². The highest BCUT2D eigenvalue weighted by Crippen LogP contribution is 2.29. The van der Waals surface area contributed by atoms with Crippen molar-refractivity contribution in [2.24, 2.45) is 0 Å². The Morgan fingerprint density at radius 2 is 1.96 bits per heavy atom. The number of rotatable bonds is 5. The van der Waals surface area contributed by atoms with Gasteiger partial charge in [0.2, 0.25) is 5.88 Å². The van der Waals surface area contributed by atoms with E-state index >= 15 is 0 Å². The molecule has 1 N–H and O–H groups in total. The second-order valence-electron chi connectivity index (χ2n) is 7.00. The molecule has 0 spiro atoms. The minimum absolute atomic E-state index is 0.0911. The molecule has 0 bridgehead atoms. The Kier molecular flexibility index (Phi) is 5.37. The summed E-state index contributed by atoms with van der Waals surface area (Å²) in [4.78, 5) is 20.7. The van der Waals surface area contributed by atoms with Gasteiger partial charge in [-0.25, -0.2) is 4.98 Å². The Balaban J connectivity index is 1.33. The maximum atomic E-state index is 12.5. The fourth-order valence-electron chi connectivity index (χ4n) is 3.63. The lowest BCUT2D eigenvalue weighted by Crippen LogP contribution is -2.39. The van der Waals surface area contributed by atoms with E-state index in [4.69, 9.17) is 9.47 Å². The quantitative estimate of drug-likeness (QED) is 0.733. The van der Waals surface area contributed by atoms with E-state index in [1.54, 1.807) is 24.5 Å². The van der Waals surface area contributed by atoms with Gasteiger partial charge in [0.25, 0.3) is 5.91 Å². The molecule has 28 heavy (non-hydrogen) atoms. The van der Waals surface area contributed by atoms with Crippen LogP contribution < -0.4 is 14.8 Å². The predicted octanol–water partition coefficient (Wildman–Crippen LogP) is 3.76. The molecule has 2 aromatic heterocycles. The molecule has 0 radical (unpaired) electrons. The first kappa shape index (κ1) is 18.2. The molecule has 1 amide bonds. The SMILES string of the molecule is COc1cc(C(=O)NC2CCC(Oc3cccc4cnccc34)CC2)ccn1. The topological polar surface area (TPSA) is 73.3 Å². The lowest BCUT2D eigenvalue weighted by atomic mass is 9.92. The smallest absolute Gasteiger partial charge is 0.251 e. The van der Waals surface area contributed by atoms with E-state index in [0.717, 1.165) is 42.2 Å².